The van der Waals surface area contributed by atoms with Crippen molar-refractivity contribution >= 4 is 46.0 Å². The van der Waals surface area contributed by atoms with Crippen LogP contribution in [-0.4, -0.2) is 56.3 Å². The van der Waals surface area contributed by atoms with Crippen LogP contribution in [0.25, 0.3) is 10.9 Å². The Morgan fingerprint density at radius 1 is 1.18 bits per heavy atom. The molecule has 0 radical (unpaired) electrons. The van der Waals surface area contributed by atoms with Crippen LogP contribution >= 0.6 is 23.4 Å². The van der Waals surface area contributed by atoms with Crippen molar-refractivity contribution in [2.45, 2.75) is 49.5 Å². The largest absolute Gasteiger partial charge is 0.417 e. The van der Waals surface area contributed by atoms with Crippen LogP contribution in [0.5, 0.6) is 0 Å². The monoisotopic (exact) mass is 581 g/mol. The summed E-state index contributed by atoms with van der Waals surface area (Å²) in [7, 11) is 0. The van der Waals surface area contributed by atoms with Gasteiger partial charge in [-0.3, -0.25) is 14.3 Å². The number of hydrogen-bond acceptors (Lipinski definition) is 6. The highest BCUT2D eigenvalue weighted by molar-refractivity contribution is 7.99. The number of amides is 1. The number of alkyl halides is 3. The first-order chi connectivity index (χ1) is 18.4. The van der Waals surface area contributed by atoms with Crippen molar-refractivity contribution in [3.05, 3.63) is 69.6 Å². The number of nitrogens with zero attached hydrogens (tertiary/aromatic N) is 5. The summed E-state index contributed by atoms with van der Waals surface area (Å²) < 4.78 is 57.7. The molecule has 1 amide bonds. The summed E-state index contributed by atoms with van der Waals surface area (Å²) in [5, 5.41) is -0.360. The van der Waals surface area contributed by atoms with E-state index in [1.54, 1.807) is 9.80 Å². The van der Waals surface area contributed by atoms with E-state index in [2.05, 4.69) is 16.5 Å². The number of benzene rings is 1. The summed E-state index contributed by atoms with van der Waals surface area (Å²) in [6, 6.07) is 1.61. The standard InChI is InChI=1S/C26H24ClF4N5O2S/c1-4-20(37)36-13(2)9-34(10-14(36)3)24-18-6-19(26(29,30)31)21(27)23-22(18)35(25(38)33-24)11-16(12-39-23)15-5-17(28)8-32-7-15/h4-8,13-14,16H,1,9-12H2,2-3H3/t13-,14+,16-/m0/s1. The molecule has 0 aliphatic carbocycles. The van der Waals surface area contributed by atoms with Crippen LogP contribution in [-0.2, 0) is 17.5 Å². The second-order valence-electron chi connectivity index (χ2n) is 9.79. The molecule has 3 atom stereocenters. The highest BCUT2D eigenvalue weighted by Gasteiger charge is 2.39. The second kappa shape index (κ2) is 10.1. The van der Waals surface area contributed by atoms with Gasteiger partial charge in [0, 0.05) is 55.0 Å². The highest BCUT2D eigenvalue weighted by atomic mass is 35.5. The van der Waals surface area contributed by atoms with E-state index in [9.17, 15) is 27.2 Å². The maximum atomic E-state index is 14.2. The zero-order valence-corrected chi connectivity index (χ0v) is 22.6. The van der Waals surface area contributed by atoms with Gasteiger partial charge in [0.05, 0.1) is 27.2 Å². The molecule has 0 spiro atoms. The third-order valence-corrected chi connectivity index (χ3v) is 8.88. The average molecular weight is 582 g/mol. The summed E-state index contributed by atoms with van der Waals surface area (Å²) in [5.41, 5.74) is -0.918. The average Bonchev–Trinajstić information content (AvgIpc) is 3.07. The Bertz CT molecular complexity index is 1530. The first-order valence-electron chi connectivity index (χ1n) is 12.2. The smallest absolute Gasteiger partial charge is 0.352 e. The molecule has 5 rings (SSSR count). The van der Waals surface area contributed by atoms with Crippen LogP contribution in [0.2, 0.25) is 5.02 Å². The maximum Gasteiger partial charge on any atom is 0.417 e. The lowest BCUT2D eigenvalue weighted by atomic mass is 10.0. The summed E-state index contributed by atoms with van der Waals surface area (Å²) in [5.74, 6) is -0.895. The molecule has 1 saturated heterocycles. The Balaban J connectivity index is 1.70. The molecule has 13 heteroatoms. The van der Waals surface area contributed by atoms with Crippen molar-refractivity contribution in [3.63, 3.8) is 0 Å². The first kappa shape index (κ1) is 27.4. The lowest BCUT2D eigenvalue weighted by Crippen LogP contribution is -2.58. The predicted octanol–water partition coefficient (Wildman–Crippen LogP) is 5.10. The fourth-order valence-electron chi connectivity index (χ4n) is 5.46. The summed E-state index contributed by atoms with van der Waals surface area (Å²) >= 11 is 7.45. The van der Waals surface area contributed by atoms with Crippen LogP contribution in [0.15, 0.2) is 46.9 Å². The predicted molar refractivity (Wildman–Crippen MR) is 142 cm³/mol. The van der Waals surface area contributed by atoms with Crippen LogP contribution in [0, 0.1) is 5.82 Å². The number of aromatic nitrogens is 3. The SMILES string of the molecule is C=CC(=O)N1[C@H](C)CN(c2nc(=O)n3c4c(c(Cl)c(C(F)(F)F)cc24)SC[C@@H](c2cncc(F)c2)C3)C[C@@H]1C. The Morgan fingerprint density at radius 3 is 2.49 bits per heavy atom. The molecular formula is C26H24ClF4N5O2S. The van der Waals surface area contributed by atoms with Gasteiger partial charge in [0.1, 0.15) is 11.6 Å². The molecule has 1 fully saturated rings. The molecule has 0 N–H and O–H groups in total. The van der Waals surface area contributed by atoms with Crippen LogP contribution < -0.4 is 10.6 Å². The molecule has 3 aromatic rings. The fourth-order valence-corrected chi connectivity index (χ4v) is 7.14. The molecule has 2 aromatic heterocycles. The number of piperazine rings is 1. The van der Waals surface area contributed by atoms with Crippen molar-refractivity contribution in [1.29, 1.82) is 0 Å². The van der Waals surface area contributed by atoms with E-state index in [-0.39, 0.29) is 65.0 Å². The Kier molecular flexibility index (Phi) is 7.13. The Morgan fingerprint density at radius 2 is 1.87 bits per heavy atom. The van der Waals surface area contributed by atoms with E-state index >= 15 is 0 Å². The zero-order valence-electron chi connectivity index (χ0n) is 21.0. The molecule has 2 aliphatic rings. The Labute approximate surface area is 230 Å². The quantitative estimate of drug-likeness (QED) is 0.316. The van der Waals surface area contributed by atoms with Gasteiger partial charge in [-0.1, -0.05) is 18.2 Å². The van der Waals surface area contributed by atoms with Gasteiger partial charge in [-0.05, 0) is 37.6 Å². The minimum atomic E-state index is -4.76. The summed E-state index contributed by atoms with van der Waals surface area (Å²) in [6.45, 7) is 7.74. The van der Waals surface area contributed by atoms with Crippen molar-refractivity contribution < 1.29 is 22.4 Å². The summed E-state index contributed by atoms with van der Waals surface area (Å²) in [6.07, 6.45) is -1.00. The van der Waals surface area contributed by atoms with Gasteiger partial charge in [-0.2, -0.15) is 18.2 Å². The van der Waals surface area contributed by atoms with Gasteiger partial charge >= 0.3 is 11.9 Å². The van der Waals surface area contributed by atoms with E-state index in [4.69, 9.17) is 11.6 Å². The minimum absolute atomic E-state index is 0.0594. The lowest BCUT2D eigenvalue weighted by Gasteiger charge is -2.44. The van der Waals surface area contributed by atoms with E-state index in [1.807, 2.05) is 13.8 Å². The van der Waals surface area contributed by atoms with Gasteiger partial charge in [0.15, 0.2) is 0 Å². The number of hydrogen-bond donors (Lipinski definition) is 0. The molecule has 206 valence electrons. The van der Waals surface area contributed by atoms with Gasteiger partial charge in [0.2, 0.25) is 5.91 Å². The van der Waals surface area contributed by atoms with Crippen LogP contribution in [0.3, 0.4) is 0 Å². The fraction of sp³-hybridized carbons (Fsp3) is 0.385. The topological polar surface area (TPSA) is 71.3 Å². The number of halogens is 5. The Hall–Kier alpha value is -3.12. The van der Waals surface area contributed by atoms with E-state index < -0.39 is 34.2 Å². The highest BCUT2D eigenvalue weighted by Crippen LogP contribution is 2.47. The lowest BCUT2D eigenvalue weighted by molar-refractivity contribution is -0.137. The van der Waals surface area contributed by atoms with Crippen LogP contribution in [0.4, 0.5) is 23.4 Å². The van der Waals surface area contributed by atoms with Gasteiger partial charge in [-0.15, -0.1) is 11.8 Å². The molecular weight excluding hydrogens is 558 g/mol. The molecule has 1 aromatic carbocycles. The number of carbonyl (C=O) groups is 1. The number of rotatable bonds is 3. The molecule has 39 heavy (non-hydrogen) atoms. The third kappa shape index (κ3) is 4.88. The molecule has 7 nitrogen and oxygen atoms in total. The van der Waals surface area contributed by atoms with Gasteiger partial charge < -0.3 is 9.80 Å². The van der Waals surface area contributed by atoms with Gasteiger partial charge in [-0.25, -0.2) is 9.18 Å². The number of carbonyl (C=O) groups excluding carboxylic acids is 1. The molecule has 0 unspecified atom stereocenters. The molecule has 2 aliphatic heterocycles. The molecule has 4 heterocycles. The van der Waals surface area contributed by atoms with E-state index in [0.29, 0.717) is 5.56 Å². The molecule has 0 bridgehead atoms. The minimum Gasteiger partial charge on any atom is -0.352 e. The number of thioether (sulfide) groups is 1. The van der Waals surface area contributed by atoms with Crippen molar-refractivity contribution in [2.75, 3.05) is 23.7 Å². The second-order valence-corrected chi connectivity index (χ2v) is 11.2. The van der Waals surface area contributed by atoms with E-state index in [1.165, 1.54) is 22.9 Å². The first-order valence-corrected chi connectivity index (χ1v) is 13.5. The van der Waals surface area contributed by atoms with Crippen molar-refractivity contribution in [2.24, 2.45) is 0 Å². The summed E-state index contributed by atoms with van der Waals surface area (Å²) in [4.78, 5) is 37.5. The van der Waals surface area contributed by atoms with Crippen molar-refractivity contribution in [1.82, 2.24) is 19.4 Å². The maximum absolute atomic E-state index is 14.2. The molecule has 0 saturated carbocycles. The normalized spacial score (nSPS) is 21.7. The zero-order chi connectivity index (χ0) is 28.2. The number of pyridine rings is 1. The van der Waals surface area contributed by atoms with Crippen LogP contribution in [0.1, 0.15) is 30.9 Å². The van der Waals surface area contributed by atoms with Gasteiger partial charge in [0.25, 0.3) is 0 Å². The third-order valence-electron chi connectivity index (χ3n) is 7.12. The van der Waals surface area contributed by atoms with Crippen molar-refractivity contribution in [3.8, 4) is 0 Å². The van der Waals surface area contributed by atoms with E-state index in [0.717, 1.165) is 24.0 Å². The number of anilines is 1.